The summed E-state index contributed by atoms with van der Waals surface area (Å²) >= 11 is 0. The number of hydrogen-bond acceptors (Lipinski definition) is 4. The van der Waals surface area contributed by atoms with Crippen LogP contribution in [0.5, 0.6) is 0 Å². The van der Waals surface area contributed by atoms with Crippen molar-refractivity contribution in [1.29, 1.82) is 0 Å². The smallest absolute Gasteiger partial charge is 0.282 e. The number of ether oxygens (including phenoxy) is 1. The average Bonchev–Trinajstić information content (AvgIpc) is 2.88. The summed E-state index contributed by atoms with van der Waals surface area (Å²) in [6, 6.07) is -0.550. The van der Waals surface area contributed by atoms with Gasteiger partial charge in [-0.15, -0.1) is 0 Å². The van der Waals surface area contributed by atoms with Crippen LogP contribution in [-0.2, 0) is 19.7 Å². The number of rotatable bonds is 3. The van der Waals surface area contributed by atoms with Gasteiger partial charge in [0.05, 0.1) is 13.2 Å². The highest BCUT2D eigenvalue weighted by molar-refractivity contribution is 7.86. The topological polar surface area (TPSA) is 70.2 Å². The van der Waals surface area contributed by atoms with Crippen molar-refractivity contribution in [3.05, 3.63) is 0 Å². The third-order valence-electron chi connectivity index (χ3n) is 3.57. The Morgan fingerprint density at radius 2 is 1.84 bits per heavy atom. The first-order chi connectivity index (χ1) is 8.94. The molecule has 110 valence electrons. The van der Waals surface area contributed by atoms with E-state index in [1.54, 1.807) is 4.90 Å². The van der Waals surface area contributed by atoms with E-state index >= 15 is 0 Å². The first kappa shape index (κ1) is 14.7. The SMILES string of the molecule is CN(C)S(=O)(=O)N1CCC[C@@H]1C(=O)N1CCOCC1. The fourth-order valence-corrected chi connectivity index (χ4v) is 3.76. The number of carbonyl (C=O) groups is 1. The fourth-order valence-electron chi connectivity index (χ4n) is 2.47. The molecule has 0 N–H and O–H groups in total. The summed E-state index contributed by atoms with van der Waals surface area (Å²) in [5, 5.41) is 0. The van der Waals surface area contributed by atoms with E-state index in [9.17, 15) is 13.2 Å². The molecule has 0 spiro atoms. The van der Waals surface area contributed by atoms with Crippen molar-refractivity contribution in [1.82, 2.24) is 13.5 Å². The van der Waals surface area contributed by atoms with Crippen LogP contribution in [0, 0.1) is 0 Å². The van der Waals surface area contributed by atoms with Crippen LogP contribution in [0.3, 0.4) is 0 Å². The zero-order chi connectivity index (χ0) is 14.0. The maximum atomic E-state index is 12.4. The van der Waals surface area contributed by atoms with Gasteiger partial charge in [0.2, 0.25) is 5.91 Å². The molecule has 1 amide bonds. The van der Waals surface area contributed by atoms with Crippen LogP contribution in [-0.4, -0.2) is 80.8 Å². The van der Waals surface area contributed by atoms with Crippen molar-refractivity contribution in [3.63, 3.8) is 0 Å². The van der Waals surface area contributed by atoms with Gasteiger partial charge in [0, 0.05) is 33.7 Å². The molecule has 0 saturated carbocycles. The van der Waals surface area contributed by atoms with E-state index in [4.69, 9.17) is 4.74 Å². The quantitative estimate of drug-likeness (QED) is 0.677. The Bertz CT molecular complexity index is 431. The predicted molar refractivity (Wildman–Crippen MR) is 69.7 cm³/mol. The summed E-state index contributed by atoms with van der Waals surface area (Å²) in [7, 11) is -0.542. The third-order valence-corrected chi connectivity index (χ3v) is 5.52. The molecule has 2 aliphatic rings. The first-order valence-corrected chi connectivity index (χ1v) is 7.90. The zero-order valence-electron chi connectivity index (χ0n) is 11.4. The Balaban J connectivity index is 2.12. The van der Waals surface area contributed by atoms with E-state index in [0.717, 1.165) is 10.7 Å². The van der Waals surface area contributed by atoms with Gasteiger partial charge in [-0.25, -0.2) is 0 Å². The third kappa shape index (κ3) is 2.91. The summed E-state index contributed by atoms with van der Waals surface area (Å²) < 4.78 is 32.1. The standard InChI is InChI=1S/C11H21N3O4S/c1-12(2)19(16,17)14-5-3-4-10(14)11(15)13-6-8-18-9-7-13/h10H,3-9H2,1-2H3/t10-/m1/s1. The second-order valence-corrected chi connectivity index (χ2v) is 7.09. The molecule has 0 radical (unpaired) electrons. The molecule has 0 bridgehead atoms. The van der Waals surface area contributed by atoms with E-state index in [-0.39, 0.29) is 5.91 Å². The van der Waals surface area contributed by atoms with E-state index in [1.165, 1.54) is 18.4 Å². The number of morpholine rings is 1. The number of hydrogen-bond donors (Lipinski definition) is 0. The van der Waals surface area contributed by atoms with Gasteiger partial charge < -0.3 is 9.64 Å². The fraction of sp³-hybridized carbons (Fsp3) is 0.909. The molecule has 2 saturated heterocycles. The zero-order valence-corrected chi connectivity index (χ0v) is 12.2. The molecule has 0 aliphatic carbocycles. The average molecular weight is 291 g/mol. The lowest BCUT2D eigenvalue weighted by Crippen LogP contribution is -2.52. The Morgan fingerprint density at radius 1 is 1.21 bits per heavy atom. The van der Waals surface area contributed by atoms with Crippen molar-refractivity contribution in [2.75, 3.05) is 46.9 Å². The molecule has 0 aromatic rings. The van der Waals surface area contributed by atoms with Gasteiger partial charge in [-0.05, 0) is 12.8 Å². The normalized spacial score (nSPS) is 26.1. The largest absolute Gasteiger partial charge is 0.378 e. The molecule has 2 heterocycles. The first-order valence-electron chi connectivity index (χ1n) is 6.50. The van der Waals surface area contributed by atoms with Crippen LogP contribution in [0.25, 0.3) is 0 Å². The van der Waals surface area contributed by atoms with Gasteiger partial charge in [0.25, 0.3) is 10.2 Å². The van der Waals surface area contributed by atoms with Crippen molar-refractivity contribution >= 4 is 16.1 Å². The summed E-state index contributed by atoms with van der Waals surface area (Å²) in [6.45, 7) is 2.56. The molecule has 2 fully saturated rings. The lowest BCUT2D eigenvalue weighted by atomic mass is 10.2. The Labute approximate surface area is 114 Å². The number of amides is 1. The maximum Gasteiger partial charge on any atom is 0.282 e. The van der Waals surface area contributed by atoms with E-state index in [2.05, 4.69) is 0 Å². The molecule has 19 heavy (non-hydrogen) atoms. The van der Waals surface area contributed by atoms with Gasteiger partial charge in [-0.2, -0.15) is 17.0 Å². The van der Waals surface area contributed by atoms with Crippen LogP contribution in [0.15, 0.2) is 0 Å². The molecule has 8 heteroatoms. The molecular formula is C11H21N3O4S. The van der Waals surface area contributed by atoms with E-state index in [0.29, 0.717) is 39.3 Å². The Hall–Kier alpha value is -0.700. The van der Waals surface area contributed by atoms with Crippen molar-refractivity contribution in [2.24, 2.45) is 0 Å². The molecule has 2 rings (SSSR count). The van der Waals surface area contributed by atoms with Crippen LogP contribution in [0.2, 0.25) is 0 Å². The minimum Gasteiger partial charge on any atom is -0.378 e. The van der Waals surface area contributed by atoms with Gasteiger partial charge >= 0.3 is 0 Å². The summed E-state index contributed by atoms with van der Waals surface area (Å²) in [4.78, 5) is 14.1. The number of carbonyl (C=O) groups excluding carboxylic acids is 1. The highest BCUT2D eigenvalue weighted by Crippen LogP contribution is 2.24. The lowest BCUT2D eigenvalue weighted by molar-refractivity contribution is -0.138. The highest BCUT2D eigenvalue weighted by Gasteiger charge is 2.41. The predicted octanol–water partition coefficient (Wildman–Crippen LogP) is -0.884. The highest BCUT2D eigenvalue weighted by atomic mass is 32.2. The van der Waals surface area contributed by atoms with E-state index < -0.39 is 16.3 Å². The Morgan fingerprint density at radius 3 is 2.42 bits per heavy atom. The van der Waals surface area contributed by atoms with Gasteiger partial charge in [-0.1, -0.05) is 0 Å². The molecule has 2 aliphatic heterocycles. The molecule has 0 aromatic heterocycles. The van der Waals surface area contributed by atoms with Gasteiger partial charge in [0.15, 0.2) is 0 Å². The van der Waals surface area contributed by atoms with Gasteiger partial charge in [0.1, 0.15) is 6.04 Å². The van der Waals surface area contributed by atoms with E-state index in [1.807, 2.05) is 0 Å². The van der Waals surface area contributed by atoms with Crippen LogP contribution >= 0.6 is 0 Å². The van der Waals surface area contributed by atoms with Gasteiger partial charge in [-0.3, -0.25) is 4.79 Å². The van der Waals surface area contributed by atoms with Crippen LogP contribution < -0.4 is 0 Å². The number of nitrogens with zero attached hydrogens (tertiary/aromatic N) is 3. The van der Waals surface area contributed by atoms with Crippen molar-refractivity contribution in [2.45, 2.75) is 18.9 Å². The van der Waals surface area contributed by atoms with Crippen molar-refractivity contribution in [3.8, 4) is 0 Å². The monoisotopic (exact) mass is 291 g/mol. The molecule has 0 aromatic carbocycles. The minimum atomic E-state index is -3.52. The second kappa shape index (κ2) is 5.74. The lowest BCUT2D eigenvalue weighted by Gasteiger charge is -2.32. The Kier molecular flexibility index (Phi) is 4.44. The second-order valence-electron chi connectivity index (χ2n) is 5.00. The maximum absolute atomic E-state index is 12.4. The summed E-state index contributed by atoms with van der Waals surface area (Å²) in [6.07, 6.45) is 1.33. The van der Waals surface area contributed by atoms with Crippen LogP contribution in [0.4, 0.5) is 0 Å². The molecule has 1 atom stereocenters. The van der Waals surface area contributed by atoms with Crippen LogP contribution in [0.1, 0.15) is 12.8 Å². The summed E-state index contributed by atoms with van der Waals surface area (Å²) in [5.41, 5.74) is 0. The van der Waals surface area contributed by atoms with Crippen molar-refractivity contribution < 1.29 is 17.9 Å². The molecule has 0 unspecified atom stereocenters. The summed E-state index contributed by atoms with van der Waals surface area (Å²) in [5.74, 6) is -0.0915. The minimum absolute atomic E-state index is 0.0915. The molecule has 7 nitrogen and oxygen atoms in total. The molecular weight excluding hydrogens is 270 g/mol.